The number of nitrogen functional groups attached to an aromatic ring is 1. The number of aromatic nitrogens is 2. The molecule has 2 aromatic carbocycles. The third-order valence-corrected chi connectivity index (χ3v) is 6.84. The van der Waals surface area contributed by atoms with Crippen LogP contribution in [0.2, 0.25) is 0 Å². The predicted octanol–water partition coefficient (Wildman–Crippen LogP) is 3.89. The molecule has 1 atom stereocenters. The molecular formula is C26H29N5O2. The van der Waals surface area contributed by atoms with Gasteiger partial charge in [0.25, 0.3) is 0 Å². The van der Waals surface area contributed by atoms with Gasteiger partial charge in [0, 0.05) is 42.6 Å². The zero-order chi connectivity index (χ0) is 22.7. The Hall–Kier alpha value is -3.45. The molecule has 0 radical (unpaired) electrons. The second kappa shape index (κ2) is 9.19. The van der Waals surface area contributed by atoms with Gasteiger partial charge in [-0.05, 0) is 42.9 Å². The van der Waals surface area contributed by atoms with E-state index in [0.29, 0.717) is 12.8 Å². The van der Waals surface area contributed by atoms with Crippen molar-refractivity contribution in [1.29, 1.82) is 0 Å². The van der Waals surface area contributed by atoms with Crippen molar-refractivity contribution in [1.82, 2.24) is 9.97 Å². The summed E-state index contributed by atoms with van der Waals surface area (Å²) in [7, 11) is 0. The van der Waals surface area contributed by atoms with E-state index in [0.717, 1.165) is 55.4 Å². The van der Waals surface area contributed by atoms with Crippen molar-refractivity contribution < 1.29 is 9.53 Å². The molecule has 1 aromatic heterocycles. The number of amides is 1. The van der Waals surface area contributed by atoms with E-state index < -0.39 is 0 Å². The molecule has 3 aromatic rings. The van der Waals surface area contributed by atoms with Crippen LogP contribution in [0, 0.1) is 0 Å². The third kappa shape index (κ3) is 4.54. The van der Waals surface area contributed by atoms with Crippen molar-refractivity contribution in [2.75, 3.05) is 36.1 Å². The summed E-state index contributed by atoms with van der Waals surface area (Å²) in [6.45, 7) is 2.24. The number of ether oxygens (including phenoxy) is 1. The van der Waals surface area contributed by atoms with Crippen LogP contribution in [0.15, 0.2) is 60.7 Å². The molecule has 170 valence electrons. The maximum atomic E-state index is 12.4. The summed E-state index contributed by atoms with van der Waals surface area (Å²) in [5.74, 6) is 0.834. The highest BCUT2D eigenvalue weighted by Gasteiger charge is 2.34. The molecule has 0 aliphatic carbocycles. The molecule has 7 nitrogen and oxygen atoms in total. The summed E-state index contributed by atoms with van der Waals surface area (Å²) >= 11 is 0. The quantitative estimate of drug-likeness (QED) is 0.512. The fourth-order valence-corrected chi connectivity index (χ4v) is 4.97. The molecule has 0 saturated carbocycles. The minimum atomic E-state index is -0.169. The van der Waals surface area contributed by atoms with Gasteiger partial charge in [-0.3, -0.25) is 4.79 Å². The molecule has 1 saturated heterocycles. The minimum absolute atomic E-state index is 0.00890. The van der Waals surface area contributed by atoms with Crippen LogP contribution in [-0.4, -0.2) is 35.6 Å². The predicted molar refractivity (Wildman–Crippen MR) is 129 cm³/mol. The first-order chi connectivity index (χ1) is 16.1. The Bertz CT molecular complexity index is 1130. The number of aryl methyl sites for hydroxylation is 1. The number of hydrogen-bond donors (Lipinski definition) is 3. The van der Waals surface area contributed by atoms with Gasteiger partial charge in [-0.15, -0.1) is 0 Å². The van der Waals surface area contributed by atoms with Crippen LogP contribution in [0.25, 0.3) is 0 Å². The first kappa shape index (κ1) is 21.4. The zero-order valence-corrected chi connectivity index (χ0v) is 18.6. The molecule has 0 spiro atoms. The standard InChI is InChI=1S/C26H29N5O2/c27-25-29-19(10-11-21-20-8-4-5-9-22(20)30-24(21)32)16-23(31-25)28-17-26(12-14-33-15-13-26)18-6-2-1-3-7-18/h1-9,16,21H,10-15,17H2,(H,30,32)(H3,27,28,29,31). The summed E-state index contributed by atoms with van der Waals surface area (Å²) in [6, 6.07) is 20.4. The Kier molecular flexibility index (Phi) is 5.96. The van der Waals surface area contributed by atoms with Gasteiger partial charge in [-0.1, -0.05) is 48.5 Å². The Morgan fingerprint density at radius 2 is 1.82 bits per heavy atom. The van der Waals surface area contributed by atoms with Gasteiger partial charge in [-0.2, -0.15) is 4.98 Å². The largest absolute Gasteiger partial charge is 0.381 e. The van der Waals surface area contributed by atoms with Crippen molar-refractivity contribution in [3.05, 3.63) is 77.5 Å². The van der Waals surface area contributed by atoms with Crippen LogP contribution in [-0.2, 0) is 21.4 Å². The molecule has 3 heterocycles. The number of benzene rings is 2. The van der Waals surface area contributed by atoms with E-state index in [9.17, 15) is 4.79 Å². The number of hydrogen-bond acceptors (Lipinski definition) is 6. The summed E-state index contributed by atoms with van der Waals surface area (Å²) in [5.41, 5.74) is 10.1. The lowest BCUT2D eigenvalue weighted by Crippen LogP contribution is -2.40. The Morgan fingerprint density at radius 1 is 1.06 bits per heavy atom. The van der Waals surface area contributed by atoms with Gasteiger partial charge in [0.05, 0.1) is 5.92 Å². The molecule has 1 fully saturated rings. The molecule has 2 aliphatic rings. The van der Waals surface area contributed by atoms with Gasteiger partial charge in [-0.25, -0.2) is 4.98 Å². The maximum absolute atomic E-state index is 12.4. The first-order valence-electron chi connectivity index (χ1n) is 11.5. The molecule has 1 amide bonds. The van der Waals surface area contributed by atoms with Crippen LogP contribution in [0.3, 0.4) is 0 Å². The fraction of sp³-hybridized carbons (Fsp3) is 0.346. The highest BCUT2D eigenvalue weighted by Crippen LogP contribution is 2.36. The number of fused-ring (bicyclic) bond motifs is 1. The second-order valence-corrected chi connectivity index (χ2v) is 8.88. The molecule has 2 aliphatic heterocycles. The first-order valence-corrected chi connectivity index (χ1v) is 11.5. The number of nitrogens with zero attached hydrogens (tertiary/aromatic N) is 2. The molecule has 33 heavy (non-hydrogen) atoms. The Balaban J connectivity index is 1.29. The molecule has 1 unspecified atom stereocenters. The number of nitrogens with two attached hydrogens (primary N) is 1. The van der Waals surface area contributed by atoms with Crippen molar-refractivity contribution in [2.24, 2.45) is 0 Å². The van der Waals surface area contributed by atoms with Gasteiger partial charge in [0.2, 0.25) is 11.9 Å². The van der Waals surface area contributed by atoms with E-state index in [1.165, 1.54) is 5.56 Å². The summed E-state index contributed by atoms with van der Waals surface area (Å²) in [5, 5.41) is 6.49. The van der Waals surface area contributed by atoms with Crippen LogP contribution in [0.5, 0.6) is 0 Å². The van der Waals surface area contributed by atoms with Gasteiger partial charge >= 0.3 is 0 Å². The van der Waals surface area contributed by atoms with Crippen molar-refractivity contribution >= 4 is 23.4 Å². The Morgan fingerprint density at radius 3 is 2.64 bits per heavy atom. The minimum Gasteiger partial charge on any atom is -0.381 e. The number of nitrogens with one attached hydrogen (secondary N) is 2. The van der Waals surface area contributed by atoms with Gasteiger partial charge in [0.1, 0.15) is 5.82 Å². The van der Waals surface area contributed by atoms with E-state index >= 15 is 0 Å². The topological polar surface area (TPSA) is 102 Å². The highest BCUT2D eigenvalue weighted by molar-refractivity contribution is 6.02. The third-order valence-electron chi connectivity index (χ3n) is 6.84. The Labute approximate surface area is 193 Å². The summed E-state index contributed by atoms with van der Waals surface area (Å²) in [4.78, 5) is 21.3. The number of carbonyl (C=O) groups excluding carboxylic acids is 1. The lowest BCUT2D eigenvalue weighted by atomic mass is 9.74. The average Bonchev–Trinajstić information content (AvgIpc) is 3.17. The van der Waals surface area contributed by atoms with Gasteiger partial charge < -0.3 is 21.1 Å². The van der Waals surface area contributed by atoms with Crippen molar-refractivity contribution in [2.45, 2.75) is 37.0 Å². The second-order valence-electron chi connectivity index (χ2n) is 8.88. The normalized spacial score (nSPS) is 19.0. The number of para-hydroxylation sites is 1. The molecular weight excluding hydrogens is 414 g/mol. The maximum Gasteiger partial charge on any atom is 0.232 e. The summed E-state index contributed by atoms with van der Waals surface area (Å²) in [6.07, 6.45) is 3.22. The zero-order valence-electron chi connectivity index (χ0n) is 18.6. The van der Waals surface area contributed by atoms with Crippen LogP contribution < -0.4 is 16.4 Å². The number of rotatable bonds is 7. The van der Waals surface area contributed by atoms with E-state index in [1.807, 2.05) is 36.4 Å². The van der Waals surface area contributed by atoms with Crippen LogP contribution in [0.1, 0.15) is 42.0 Å². The lowest BCUT2D eigenvalue weighted by molar-refractivity contribution is -0.117. The monoisotopic (exact) mass is 443 g/mol. The molecule has 0 bridgehead atoms. The van der Waals surface area contributed by atoms with Gasteiger partial charge in [0.15, 0.2) is 0 Å². The van der Waals surface area contributed by atoms with E-state index in [2.05, 4.69) is 44.9 Å². The van der Waals surface area contributed by atoms with Crippen molar-refractivity contribution in [3.8, 4) is 0 Å². The van der Waals surface area contributed by atoms with Crippen molar-refractivity contribution in [3.63, 3.8) is 0 Å². The molecule has 4 N–H and O–H groups in total. The van der Waals surface area contributed by atoms with E-state index in [1.54, 1.807) is 0 Å². The van der Waals surface area contributed by atoms with Crippen LogP contribution >= 0.6 is 0 Å². The highest BCUT2D eigenvalue weighted by atomic mass is 16.5. The van der Waals surface area contributed by atoms with E-state index in [-0.39, 0.29) is 23.2 Å². The molecule has 7 heteroatoms. The number of anilines is 3. The SMILES string of the molecule is Nc1nc(CCC2C(=O)Nc3ccccc32)cc(NCC2(c3ccccc3)CCOCC2)n1. The van der Waals surface area contributed by atoms with Crippen LogP contribution in [0.4, 0.5) is 17.5 Å². The number of carbonyl (C=O) groups is 1. The average molecular weight is 444 g/mol. The van der Waals surface area contributed by atoms with E-state index in [4.69, 9.17) is 10.5 Å². The fourth-order valence-electron chi connectivity index (χ4n) is 4.97. The smallest absolute Gasteiger partial charge is 0.232 e. The summed E-state index contributed by atoms with van der Waals surface area (Å²) < 4.78 is 5.64. The lowest BCUT2D eigenvalue weighted by Gasteiger charge is -2.38. The molecule has 5 rings (SSSR count).